The zero-order valence-corrected chi connectivity index (χ0v) is 10.2. The van der Waals surface area contributed by atoms with E-state index in [1.807, 2.05) is 6.92 Å². The number of nitrogens with two attached hydrogens (primary N) is 1. The smallest absolute Gasteiger partial charge is 0.231 e. The molecule has 5 nitrogen and oxygen atoms in total. The molecule has 0 radical (unpaired) electrons. The molecule has 1 amide bonds. The fourth-order valence-electron chi connectivity index (χ4n) is 1.76. The molecule has 0 aromatic rings. The SMILES string of the molecule is CCCC(C(=O)NC1CC1(C)C)C(N)=NO. The Bertz CT molecular complexity index is 300. The second-order valence-electron chi connectivity index (χ2n) is 5.12. The van der Waals surface area contributed by atoms with Gasteiger partial charge in [0.05, 0.1) is 5.92 Å². The zero-order chi connectivity index (χ0) is 12.3. The highest BCUT2D eigenvalue weighted by Crippen LogP contribution is 2.44. The standard InChI is InChI=1S/C11H21N3O2/c1-4-5-7(9(12)14-16)10(15)13-8-6-11(8,2)3/h7-8,16H,4-6H2,1-3H3,(H2,12,14)(H,13,15). The molecule has 1 aliphatic rings. The summed E-state index contributed by atoms with van der Waals surface area (Å²) >= 11 is 0. The van der Waals surface area contributed by atoms with E-state index in [9.17, 15) is 4.79 Å². The number of hydrogen-bond donors (Lipinski definition) is 3. The molecular weight excluding hydrogens is 206 g/mol. The Hall–Kier alpha value is -1.26. The molecule has 5 heteroatoms. The molecule has 0 saturated heterocycles. The lowest BCUT2D eigenvalue weighted by Crippen LogP contribution is -2.40. The molecule has 2 atom stereocenters. The molecule has 0 bridgehead atoms. The average Bonchev–Trinajstić information content (AvgIpc) is 2.81. The quantitative estimate of drug-likeness (QED) is 0.284. The van der Waals surface area contributed by atoms with Crippen LogP contribution in [0, 0.1) is 11.3 Å². The summed E-state index contributed by atoms with van der Waals surface area (Å²) in [5.74, 6) is -0.642. The van der Waals surface area contributed by atoms with Crippen molar-refractivity contribution in [1.29, 1.82) is 0 Å². The maximum Gasteiger partial charge on any atom is 0.231 e. The van der Waals surface area contributed by atoms with E-state index in [0.717, 1.165) is 12.8 Å². The number of carbonyl (C=O) groups is 1. The molecule has 1 saturated carbocycles. The van der Waals surface area contributed by atoms with Crippen molar-refractivity contribution in [1.82, 2.24) is 5.32 Å². The zero-order valence-electron chi connectivity index (χ0n) is 10.2. The second-order valence-corrected chi connectivity index (χ2v) is 5.12. The molecule has 0 aromatic heterocycles. The van der Waals surface area contributed by atoms with Gasteiger partial charge in [0.1, 0.15) is 0 Å². The highest BCUT2D eigenvalue weighted by Gasteiger charge is 2.47. The van der Waals surface area contributed by atoms with Gasteiger partial charge in [-0.2, -0.15) is 0 Å². The van der Waals surface area contributed by atoms with Gasteiger partial charge in [0.2, 0.25) is 5.91 Å². The lowest BCUT2D eigenvalue weighted by atomic mass is 10.0. The summed E-state index contributed by atoms with van der Waals surface area (Å²) in [5.41, 5.74) is 5.70. The van der Waals surface area contributed by atoms with Crippen molar-refractivity contribution in [3.63, 3.8) is 0 Å². The molecule has 0 aromatic carbocycles. The lowest BCUT2D eigenvalue weighted by Gasteiger charge is -2.15. The van der Waals surface area contributed by atoms with E-state index < -0.39 is 5.92 Å². The van der Waals surface area contributed by atoms with Gasteiger partial charge in [-0.15, -0.1) is 0 Å². The van der Waals surface area contributed by atoms with Gasteiger partial charge in [0.25, 0.3) is 0 Å². The van der Waals surface area contributed by atoms with Crippen LogP contribution in [0.25, 0.3) is 0 Å². The molecule has 16 heavy (non-hydrogen) atoms. The minimum atomic E-state index is -0.508. The van der Waals surface area contributed by atoms with Gasteiger partial charge >= 0.3 is 0 Å². The van der Waals surface area contributed by atoms with Gasteiger partial charge in [-0.25, -0.2) is 0 Å². The van der Waals surface area contributed by atoms with Gasteiger partial charge < -0.3 is 16.3 Å². The van der Waals surface area contributed by atoms with Crippen molar-refractivity contribution < 1.29 is 10.0 Å². The van der Waals surface area contributed by atoms with E-state index in [4.69, 9.17) is 10.9 Å². The highest BCUT2D eigenvalue weighted by atomic mass is 16.4. The maximum atomic E-state index is 11.9. The van der Waals surface area contributed by atoms with E-state index in [1.165, 1.54) is 0 Å². The summed E-state index contributed by atoms with van der Waals surface area (Å²) in [6, 6.07) is 0.228. The fraction of sp³-hybridized carbons (Fsp3) is 0.818. The predicted octanol–water partition coefficient (Wildman–Crippen LogP) is 1.06. The molecule has 1 rings (SSSR count). The third-order valence-corrected chi connectivity index (χ3v) is 3.20. The second kappa shape index (κ2) is 4.72. The molecule has 1 aliphatic carbocycles. The van der Waals surface area contributed by atoms with E-state index in [2.05, 4.69) is 24.3 Å². The average molecular weight is 227 g/mol. The minimum absolute atomic E-state index is 0.00203. The van der Waals surface area contributed by atoms with Crippen LogP contribution in [0.5, 0.6) is 0 Å². The van der Waals surface area contributed by atoms with Crippen LogP contribution in [0.15, 0.2) is 5.16 Å². The summed E-state index contributed by atoms with van der Waals surface area (Å²) in [6.45, 7) is 6.18. The Balaban J connectivity index is 2.55. The number of nitrogens with zero attached hydrogens (tertiary/aromatic N) is 1. The maximum absolute atomic E-state index is 11.9. The van der Waals surface area contributed by atoms with Crippen LogP contribution in [-0.4, -0.2) is 23.0 Å². The Morgan fingerprint density at radius 3 is 2.62 bits per heavy atom. The van der Waals surface area contributed by atoms with E-state index in [0.29, 0.717) is 6.42 Å². The summed E-state index contributed by atoms with van der Waals surface area (Å²) in [6.07, 6.45) is 2.42. The number of carbonyl (C=O) groups excluding carboxylic acids is 1. The van der Waals surface area contributed by atoms with Crippen molar-refractivity contribution in [2.24, 2.45) is 22.2 Å². The Morgan fingerprint density at radius 1 is 1.69 bits per heavy atom. The van der Waals surface area contributed by atoms with Crippen LogP contribution in [-0.2, 0) is 4.79 Å². The molecule has 0 spiro atoms. The Kier molecular flexibility index (Phi) is 3.78. The third-order valence-electron chi connectivity index (χ3n) is 3.20. The molecule has 92 valence electrons. The Morgan fingerprint density at radius 2 is 2.25 bits per heavy atom. The van der Waals surface area contributed by atoms with Gasteiger partial charge in [0.15, 0.2) is 5.84 Å². The van der Waals surface area contributed by atoms with E-state index in [-0.39, 0.29) is 23.2 Å². The Labute approximate surface area is 96.1 Å². The van der Waals surface area contributed by atoms with Crippen molar-refractivity contribution >= 4 is 11.7 Å². The largest absolute Gasteiger partial charge is 0.409 e. The summed E-state index contributed by atoms with van der Waals surface area (Å²) in [5, 5.41) is 14.5. The van der Waals surface area contributed by atoms with Crippen LogP contribution in [0.1, 0.15) is 40.0 Å². The third kappa shape index (κ3) is 2.87. The van der Waals surface area contributed by atoms with Gasteiger partial charge in [-0.1, -0.05) is 32.3 Å². The number of nitrogens with one attached hydrogen (secondary N) is 1. The highest BCUT2D eigenvalue weighted by molar-refractivity contribution is 6.02. The number of oxime groups is 1. The normalized spacial score (nSPS) is 24.9. The van der Waals surface area contributed by atoms with Crippen LogP contribution in [0.2, 0.25) is 0 Å². The van der Waals surface area contributed by atoms with E-state index in [1.54, 1.807) is 0 Å². The van der Waals surface area contributed by atoms with Gasteiger partial charge in [-0.05, 0) is 18.3 Å². The molecule has 0 aliphatic heterocycles. The monoisotopic (exact) mass is 227 g/mol. The van der Waals surface area contributed by atoms with E-state index >= 15 is 0 Å². The van der Waals surface area contributed by atoms with Crippen LogP contribution < -0.4 is 11.1 Å². The first-order chi connectivity index (χ1) is 7.42. The molecule has 4 N–H and O–H groups in total. The van der Waals surface area contributed by atoms with Crippen molar-refractivity contribution in [2.75, 3.05) is 0 Å². The first kappa shape index (κ1) is 12.8. The summed E-state index contributed by atoms with van der Waals surface area (Å²) in [4.78, 5) is 11.9. The van der Waals surface area contributed by atoms with Crippen molar-refractivity contribution in [3.8, 4) is 0 Å². The summed E-state index contributed by atoms with van der Waals surface area (Å²) < 4.78 is 0. The predicted molar refractivity (Wildman–Crippen MR) is 62.1 cm³/mol. The fourth-order valence-corrected chi connectivity index (χ4v) is 1.76. The molecule has 2 unspecified atom stereocenters. The summed E-state index contributed by atoms with van der Waals surface area (Å²) in [7, 11) is 0. The minimum Gasteiger partial charge on any atom is -0.409 e. The number of hydrogen-bond acceptors (Lipinski definition) is 3. The molecule has 1 fully saturated rings. The first-order valence-corrected chi connectivity index (χ1v) is 5.70. The number of rotatable bonds is 5. The molecular formula is C11H21N3O2. The molecule has 0 heterocycles. The van der Waals surface area contributed by atoms with Gasteiger partial charge in [0, 0.05) is 6.04 Å². The number of amides is 1. The van der Waals surface area contributed by atoms with Crippen LogP contribution >= 0.6 is 0 Å². The van der Waals surface area contributed by atoms with Crippen LogP contribution in [0.4, 0.5) is 0 Å². The number of amidine groups is 1. The topological polar surface area (TPSA) is 87.7 Å². The van der Waals surface area contributed by atoms with Crippen molar-refractivity contribution in [3.05, 3.63) is 0 Å². The van der Waals surface area contributed by atoms with Crippen molar-refractivity contribution in [2.45, 2.75) is 46.1 Å². The first-order valence-electron chi connectivity index (χ1n) is 5.70. The van der Waals surface area contributed by atoms with Crippen LogP contribution in [0.3, 0.4) is 0 Å². The lowest BCUT2D eigenvalue weighted by molar-refractivity contribution is -0.123. The van der Waals surface area contributed by atoms with Gasteiger partial charge in [-0.3, -0.25) is 4.79 Å².